The molecule has 0 aliphatic heterocycles. The first-order chi connectivity index (χ1) is 7.54. The SMILES string of the molecule is CCCCc1ccc2c(c1)C(N)CC2(C)C. The van der Waals surface area contributed by atoms with Crippen molar-refractivity contribution in [2.24, 2.45) is 5.73 Å². The lowest BCUT2D eigenvalue weighted by Gasteiger charge is -2.18. The molecule has 1 atom stereocenters. The van der Waals surface area contributed by atoms with E-state index in [-0.39, 0.29) is 11.5 Å². The quantitative estimate of drug-likeness (QED) is 0.820. The molecule has 1 heteroatoms. The zero-order valence-corrected chi connectivity index (χ0v) is 10.7. The summed E-state index contributed by atoms with van der Waals surface area (Å²) in [5, 5.41) is 0. The van der Waals surface area contributed by atoms with Gasteiger partial charge in [-0.25, -0.2) is 0 Å². The summed E-state index contributed by atoms with van der Waals surface area (Å²) in [5.74, 6) is 0. The van der Waals surface area contributed by atoms with Gasteiger partial charge in [0.1, 0.15) is 0 Å². The van der Waals surface area contributed by atoms with Gasteiger partial charge in [0.25, 0.3) is 0 Å². The summed E-state index contributed by atoms with van der Waals surface area (Å²) < 4.78 is 0. The third kappa shape index (κ3) is 2.01. The van der Waals surface area contributed by atoms with E-state index < -0.39 is 0 Å². The minimum atomic E-state index is 0.242. The Hall–Kier alpha value is -0.820. The molecule has 0 amide bonds. The van der Waals surface area contributed by atoms with Gasteiger partial charge in [0, 0.05) is 6.04 Å². The molecule has 0 saturated carbocycles. The maximum Gasteiger partial charge on any atom is 0.0306 e. The van der Waals surface area contributed by atoms with Crippen LogP contribution in [0.3, 0.4) is 0 Å². The maximum absolute atomic E-state index is 6.22. The van der Waals surface area contributed by atoms with Gasteiger partial charge in [0.2, 0.25) is 0 Å². The molecule has 0 heterocycles. The standard InChI is InChI=1S/C15H23N/c1-4-5-6-11-7-8-13-12(9-11)14(16)10-15(13,2)3/h7-9,14H,4-6,10,16H2,1-3H3. The van der Waals surface area contributed by atoms with Crippen LogP contribution in [0, 0.1) is 0 Å². The second-order valence-electron chi connectivity index (χ2n) is 5.72. The van der Waals surface area contributed by atoms with Gasteiger partial charge in [0.15, 0.2) is 0 Å². The number of fused-ring (bicyclic) bond motifs is 1. The van der Waals surface area contributed by atoms with Crippen LogP contribution in [0.25, 0.3) is 0 Å². The van der Waals surface area contributed by atoms with Crippen LogP contribution in [-0.4, -0.2) is 0 Å². The average Bonchev–Trinajstić information content (AvgIpc) is 2.46. The summed E-state index contributed by atoms with van der Waals surface area (Å²) in [6, 6.07) is 7.16. The number of hydrogen-bond donors (Lipinski definition) is 1. The lowest BCUT2D eigenvalue weighted by molar-refractivity contribution is 0.481. The Morgan fingerprint density at radius 2 is 2.12 bits per heavy atom. The topological polar surface area (TPSA) is 26.0 Å². The van der Waals surface area contributed by atoms with Crippen LogP contribution in [-0.2, 0) is 11.8 Å². The van der Waals surface area contributed by atoms with Crippen LogP contribution in [0.4, 0.5) is 0 Å². The zero-order chi connectivity index (χ0) is 11.8. The molecule has 1 nitrogen and oxygen atoms in total. The predicted octanol–water partition coefficient (Wildman–Crippen LogP) is 3.71. The first-order valence-corrected chi connectivity index (χ1v) is 6.43. The van der Waals surface area contributed by atoms with Gasteiger partial charge in [-0.15, -0.1) is 0 Å². The molecule has 16 heavy (non-hydrogen) atoms. The highest BCUT2D eigenvalue weighted by molar-refractivity contribution is 5.43. The summed E-state index contributed by atoms with van der Waals surface area (Å²) >= 11 is 0. The van der Waals surface area contributed by atoms with Crippen molar-refractivity contribution in [3.63, 3.8) is 0 Å². The van der Waals surface area contributed by atoms with E-state index in [0.717, 1.165) is 6.42 Å². The van der Waals surface area contributed by atoms with E-state index in [1.54, 1.807) is 0 Å². The molecular formula is C15H23N. The highest BCUT2D eigenvalue weighted by Gasteiger charge is 2.34. The molecule has 88 valence electrons. The molecule has 1 unspecified atom stereocenters. The molecule has 0 aromatic heterocycles. The zero-order valence-electron chi connectivity index (χ0n) is 10.7. The summed E-state index contributed by atoms with van der Waals surface area (Å²) in [5.41, 5.74) is 10.8. The van der Waals surface area contributed by atoms with Crippen molar-refractivity contribution in [3.05, 3.63) is 34.9 Å². The van der Waals surface area contributed by atoms with Crippen LogP contribution in [0.5, 0.6) is 0 Å². The third-order valence-electron chi connectivity index (χ3n) is 3.79. The fourth-order valence-corrected chi connectivity index (χ4v) is 2.84. The van der Waals surface area contributed by atoms with Crippen molar-refractivity contribution >= 4 is 0 Å². The van der Waals surface area contributed by atoms with Gasteiger partial charge in [-0.3, -0.25) is 0 Å². The second-order valence-corrected chi connectivity index (χ2v) is 5.72. The molecule has 0 spiro atoms. The van der Waals surface area contributed by atoms with Crippen molar-refractivity contribution in [1.29, 1.82) is 0 Å². The highest BCUT2D eigenvalue weighted by atomic mass is 14.7. The molecule has 2 N–H and O–H groups in total. The normalized spacial score (nSPS) is 22.1. The Labute approximate surface area is 99.0 Å². The summed E-state index contributed by atoms with van der Waals surface area (Å²) in [4.78, 5) is 0. The number of hydrogen-bond acceptors (Lipinski definition) is 1. The van der Waals surface area contributed by atoms with E-state index in [0.29, 0.717) is 0 Å². The van der Waals surface area contributed by atoms with E-state index in [9.17, 15) is 0 Å². The first-order valence-electron chi connectivity index (χ1n) is 6.43. The van der Waals surface area contributed by atoms with E-state index in [4.69, 9.17) is 5.73 Å². The molecule has 2 rings (SSSR count). The van der Waals surface area contributed by atoms with E-state index in [1.165, 1.54) is 36.0 Å². The maximum atomic E-state index is 6.22. The van der Waals surface area contributed by atoms with Crippen molar-refractivity contribution < 1.29 is 0 Å². The fourth-order valence-electron chi connectivity index (χ4n) is 2.84. The Kier molecular flexibility index (Phi) is 3.07. The van der Waals surface area contributed by atoms with Crippen molar-refractivity contribution in [2.75, 3.05) is 0 Å². The molecule has 1 aromatic carbocycles. The monoisotopic (exact) mass is 217 g/mol. The van der Waals surface area contributed by atoms with Gasteiger partial charge >= 0.3 is 0 Å². The molecule has 1 aliphatic rings. The van der Waals surface area contributed by atoms with E-state index >= 15 is 0 Å². The number of nitrogens with two attached hydrogens (primary N) is 1. The van der Waals surface area contributed by atoms with E-state index in [2.05, 4.69) is 39.0 Å². The van der Waals surface area contributed by atoms with Crippen LogP contribution in [0.15, 0.2) is 18.2 Å². The molecule has 1 aromatic rings. The second kappa shape index (κ2) is 4.21. The van der Waals surface area contributed by atoms with Gasteiger partial charge in [0.05, 0.1) is 0 Å². The Morgan fingerprint density at radius 3 is 2.81 bits per heavy atom. The van der Waals surface area contributed by atoms with Crippen molar-refractivity contribution in [1.82, 2.24) is 0 Å². The number of aryl methyl sites for hydroxylation is 1. The molecular weight excluding hydrogens is 194 g/mol. The molecule has 0 fully saturated rings. The van der Waals surface area contributed by atoms with Crippen molar-refractivity contribution in [3.8, 4) is 0 Å². The van der Waals surface area contributed by atoms with Crippen molar-refractivity contribution in [2.45, 2.75) is 57.9 Å². The van der Waals surface area contributed by atoms with Gasteiger partial charge in [-0.1, -0.05) is 45.4 Å². The number of unbranched alkanes of at least 4 members (excludes halogenated alkanes) is 1. The van der Waals surface area contributed by atoms with Gasteiger partial charge < -0.3 is 5.73 Å². The minimum absolute atomic E-state index is 0.242. The minimum Gasteiger partial charge on any atom is -0.324 e. The first kappa shape index (κ1) is 11.7. The van der Waals surface area contributed by atoms with Crippen LogP contribution >= 0.6 is 0 Å². The average molecular weight is 217 g/mol. The van der Waals surface area contributed by atoms with Crippen LogP contribution in [0.1, 0.15) is 62.8 Å². The van der Waals surface area contributed by atoms with Gasteiger partial charge in [-0.05, 0) is 41.4 Å². The Morgan fingerprint density at radius 1 is 1.38 bits per heavy atom. The molecule has 0 saturated heterocycles. The van der Waals surface area contributed by atoms with Crippen LogP contribution in [0.2, 0.25) is 0 Å². The van der Waals surface area contributed by atoms with Gasteiger partial charge in [-0.2, -0.15) is 0 Å². The number of rotatable bonds is 3. The predicted molar refractivity (Wildman–Crippen MR) is 69.6 cm³/mol. The third-order valence-corrected chi connectivity index (χ3v) is 3.79. The fraction of sp³-hybridized carbons (Fsp3) is 0.600. The molecule has 0 radical (unpaired) electrons. The summed E-state index contributed by atoms with van der Waals surface area (Å²) in [6.07, 6.45) is 4.81. The van der Waals surface area contributed by atoms with Crippen LogP contribution < -0.4 is 5.73 Å². The Balaban J connectivity index is 2.29. The number of benzene rings is 1. The molecule has 1 aliphatic carbocycles. The summed E-state index contributed by atoms with van der Waals surface area (Å²) in [7, 11) is 0. The highest BCUT2D eigenvalue weighted by Crippen LogP contribution is 2.43. The lowest BCUT2D eigenvalue weighted by Crippen LogP contribution is -2.14. The Bertz CT molecular complexity index is 379. The summed E-state index contributed by atoms with van der Waals surface area (Å²) in [6.45, 7) is 6.83. The lowest BCUT2D eigenvalue weighted by atomic mass is 9.86. The van der Waals surface area contributed by atoms with E-state index in [1.807, 2.05) is 0 Å². The molecule has 0 bridgehead atoms. The smallest absolute Gasteiger partial charge is 0.0306 e. The largest absolute Gasteiger partial charge is 0.324 e.